The van der Waals surface area contributed by atoms with Crippen molar-refractivity contribution in [3.8, 4) is 0 Å². The summed E-state index contributed by atoms with van der Waals surface area (Å²) >= 11 is 1.87. The maximum Gasteiger partial charge on any atom is 0.332 e. The third kappa shape index (κ3) is 2.64. The van der Waals surface area contributed by atoms with Crippen molar-refractivity contribution >= 4 is 23.6 Å². The number of carboxylic acid groups (broad SMARTS) is 1. The molecule has 0 bridgehead atoms. The molecule has 102 valence electrons. The maximum atomic E-state index is 12.3. The molecule has 0 aromatic carbocycles. The largest absolute Gasteiger partial charge is 0.479 e. The molecule has 0 aromatic rings. The molecule has 0 aliphatic carbocycles. The van der Waals surface area contributed by atoms with Gasteiger partial charge in [-0.25, -0.2) is 4.79 Å². The lowest BCUT2D eigenvalue weighted by Gasteiger charge is -2.38. The Kier molecular flexibility index (Phi) is 4.17. The van der Waals surface area contributed by atoms with Crippen LogP contribution in [0, 0.1) is 0 Å². The molecule has 0 radical (unpaired) electrons. The molecule has 4 atom stereocenters. The zero-order valence-corrected chi connectivity index (χ0v) is 11.5. The summed E-state index contributed by atoms with van der Waals surface area (Å²) in [6.07, 6.45) is -0.437. The number of thioether (sulfide) groups is 1. The molecule has 1 amide bonds. The van der Waals surface area contributed by atoms with E-state index in [1.165, 1.54) is 0 Å². The highest BCUT2D eigenvalue weighted by molar-refractivity contribution is 8.00. The van der Waals surface area contributed by atoms with Crippen molar-refractivity contribution in [1.29, 1.82) is 0 Å². The van der Waals surface area contributed by atoms with E-state index in [0.29, 0.717) is 18.1 Å². The first kappa shape index (κ1) is 13.7. The molecule has 0 spiro atoms. The summed E-state index contributed by atoms with van der Waals surface area (Å²) in [5.74, 6) is -0.0777. The molecule has 2 saturated heterocycles. The van der Waals surface area contributed by atoms with Crippen LogP contribution >= 0.6 is 11.8 Å². The number of hydrogen-bond acceptors (Lipinski definition) is 4. The second-order valence-electron chi connectivity index (χ2n) is 4.88. The molecule has 2 aliphatic rings. The average molecular weight is 273 g/mol. The van der Waals surface area contributed by atoms with E-state index in [0.717, 1.165) is 12.3 Å². The van der Waals surface area contributed by atoms with Crippen molar-refractivity contribution in [3.05, 3.63) is 0 Å². The van der Waals surface area contributed by atoms with Crippen LogP contribution in [0.4, 0.5) is 0 Å². The van der Waals surface area contributed by atoms with Crippen LogP contribution in [0.1, 0.15) is 26.7 Å². The van der Waals surface area contributed by atoms with Gasteiger partial charge in [0.1, 0.15) is 6.10 Å². The molecule has 2 fully saturated rings. The minimum absolute atomic E-state index is 0.0431. The topological polar surface area (TPSA) is 66.8 Å². The van der Waals surface area contributed by atoms with Gasteiger partial charge in [-0.05, 0) is 19.8 Å². The van der Waals surface area contributed by atoms with Crippen molar-refractivity contribution in [2.75, 3.05) is 12.3 Å². The summed E-state index contributed by atoms with van der Waals surface area (Å²) in [6, 6.07) is 0.184. The van der Waals surface area contributed by atoms with Crippen LogP contribution in [0.2, 0.25) is 0 Å². The van der Waals surface area contributed by atoms with Crippen molar-refractivity contribution in [3.63, 3.8) is 0 Å². The standard InChI is InChI=1S/C12H19NO4S/c1-7-8(2)18-6-5-13(7)11(14)9-3-4-10(17-9)12(15)16/h7-10H,3-6H2,1-2H3,(H,15,16). The smallest absolute Gasteiger partial charge is 0.332 e. The van der Waals surface area contributed by atoms with Crippen molar-refractivity contribution in [1.82, 2.24) is 4.90 Å². The predicted octanol–water partition coefficient (Wildman–Crippen LogP) is 0.971. The van der Waals surface area contributed by atoms with E-state index in [4.69, 9.17) is 9.84 Å². The van der Waals surface area contributed by atoms with Crippen molar-refractivity contribution in [2.24, 2.45) is 0 Å². The van der Waals surface area contributed by atoms with Gasteiger partial charge in [0.05, 0.1) is 0 Å². The first-order chi connectivity index (χ1) is 8.50. The first-order valence-corrected chi connectivity index (χ1v) is 7.36. The third-order valence-electron chi connectivity index (χ3n) is 3.74. The number of nitrogens with zero attached hydrogens (tertiary/aromatic N) is 1. The Hall–Kier alpha value is -0.750. The number of carbonyl (C=O) groups is 2. The van der Waals surface area contributed by atoms with Crippen LogP contribution in [0.15, 0.2) is 0 Å². The van der Waals surface area contributed by atoms with Gasteiger partial charge < -0.3 is 14.7 Å². The van der Waals surface area contributed by atoms with Crippen LogP contribution in [0.5, 0.6) is 0 Å². The molecule has 2 heterocycles. The molecule has 5 nitrogen and oxygen atoms in total. The molecule has 2 rings (SSSR count). The molecular weight excluding hydrogens is 254 g/mol. The van der Waals surface area contributed by atoms with Gasteiger partial charge in [0.15, 0.2) is 6.10 Å². The van der Waals surface area contributed by atoms with Gasteiger partial charge in [-0.15, -0.1) is 0 Å². The highest BCUT2D eigenvalue weighted by Gasteiger charge is 2.39. The molecule has 2 aliphatic heterocycles. The number of rotatable bonds is 2. The van der Waals surface area contributed by atoms with E-state index in [1.807, 2.05) is 23.6 Å². The minimum atomic E-state index is -0.971. The summed E-state index contributed by atoms with van der Waals surface area (Å²) in [6.45, 7) is 4.88. The zero-order valence-electron chi connectivity index (χ0n) is 10.7. The van der Waals surface area contributed by atoms with E-state index in [9.17, 15) is 9.59 Å². The first-order valence-electron chi connectivity index (χ1n) is 6.31. The second-order valence-corrected chi connectivity index (χ2v) is 6.36. The summed E-state index contributed by atoms with van der Waals surface area (Å²) in [4.78, 5) is 25.0. The molecule has 18 heavy (non-hydrogen) atoms. The van der Waals surface area contributed by atoms with Gasteiger partial charge in [-0.1, -0.05) is 6.92 Å². The van der Waals surface area contributed by atoms with E-state index < -0.39 is 18.2 Å². The fourth-order valence-electron chi connectivity index (χ4n) is 2.43. The Morgan fingerprint density at radius 3 is 2.56 bits per heavy atom. The Morgan fingerprint density at radius 2 is 1.94 bits per heavy atom. The number of hydrogen-bond donors (Lipinski definition) is 1. The molecule has 1 N–H and O–H groups in total. The van der Waals surface area contributed by atoms with E-state index in [2.05, 4.69) is 6.92 Å². The Bertz CT molecular complexity index is 349. The fraction of sp³-hybridized carbons (Fsp3) is 0.833. The molecule has 0 aromatic heterocycles. The lowest BCUT2D eigenvalue weighted by molar-refractivity contribution is -0.155. The maximum absolute atomic E-state index is 12.3. The van der Waals surface area contributed by atoms with E-state index >= 15 is 0 Å². The summed E-state index contributed by atoms with van der Waals surface area (Å²) in [7, 11) is 0. The fourth-order valence-corrected chi connectivity index (χ4v) is 3.53. The Morgan fingerprint density at radius 1 is 1.28 bits per heavy atom. The van der Waals surface area contributed by atoms with Crippen LogP contribution in [-0.2, 0) is 14.3 Å². The lowest BCUT2D eigenvalue weighted by Crippen LogP contribution is -2.51. The van der Waals surface area contributed by atoms with Gasteiger partial charge in [0.2, 0.25) is 0 Å². The average Bonchev–Trinajstić information content (AvgIpc) is 2.81. The molecule has 4 unspecified atom stereocenters. The van der Waals surface area contributed by atoms with E-state index in [-0.39, 0.29) is 11.9 Å². The van der Waals surface area contributed by atoms with Crippen LogP contribution in [-0.4, -0.2) is 57.7 Å². The second kappa shape index (κ2) is 5.48. The number of carbonyl (C=O) groups excluding carboxylic acids is 1. The molecule has 0 saturated carbocycles. The van der Waals surface area contributed by atoms with Gasteiger partial charge in [-0.2, -0.15) is 11.8 Å². The predicted molar refractivity (Wildman–Crippen MR) is 68.6 cm³/mol. The van der Waals surface area contributed by atoms with Gasteiger partial charge in [-0.3, -0.25) is 4.79 Å². The third-order valence-corrected chi connectivity index (χ3v) is 5.08. The van der Waals surface area contributed by atoms with E-state index in [1.54, 1.807) is 0 Å². The quantitative estimate of drug-likeness (QED) is 0.812. The summed E-state index contributed by atoms with van der Waals surface area (Å²) in [5.41, 5.74) is 0. The SMILES string of the molecule is CC1SCCN(C(=O)C2CCC(C(=O)O)O2)C1C. The molecule has 6 heteroatoms. The summed E-state index contributed by atoms with van der Waals surface area (Å²) in [5, 5.41) is 9.28. The number of carboxylic acids is 1. The van der Waals surface area contributed by atoms with Crippen LogP contribution in [0.3, 0.4) is 0 Å². The Balaban J connectivity index is 1.97. The number of aliphatic carboxylic acids is 1. The van der Waals surface area contributed by atoms with Crippen LogP contribution in [0.25, 0.3) is 0 Å². The number of ether oxygens (including phenoxy) is 1. The normalized spacial score (nSPS) is 36.7. The highest BCUT2D eigenvalue weighted by Crippen LogP contribution is 2.28. The van der Waals surface area contributed by atoms with Crippen molar-refractivity contribution in [2.45, 2.75) is 50.2 Å². The Labute approximate surface area is 111 Å². The summed E-state index contributed by atoms with van der Waals surface area (Å²) < 4.78 is 5.32. The van der Waals surface area contributed by atoms with Crippen molar-refractivity contribution < 1.29 is 19.4 Å². The van der Waals surface area contributed by atoms with Gasteiger partial charge in [0, 0.05) is 23.6 Å². The minimum Gasteiger partial charge on any atom is -0.479 e. The van der Waals surface area contributed by atoms with Gasteiger partial charge in [0.25, 0.3) is 5.91 Å². The zero-order chi connectivity index (χ0) is 13.3. The monoisotopic (exact) mass is 273 g/mol. The number of amides is 1. The highest BCUT2D eigenvalue weighted by atomic mass is 32.2. The van der Waals surface area contributed by atoms with Crippen LogP contribution < -0.4 is 0 Å². The molecular formula is C12H19NO4S. The van der Waals surface area contributed by atoms with Gasteiger partial charge >= 0.3 is 5.97 Å². The lowest BCUT2D eigenvalue weighted by atomic mass is 10.1.